The Kier molecular flexibility index (Phi) is 3.23. The number of carbonyl (C=O) groups is 1. The van der Waals surface area contributed by atoms with Crippen LogP contribution in [-0.2, 0) is 4.79 Å². The van der Waals surface area contributed by atoms with Crippen molar-refractivity contribution in [1.82, 2.24) is 15.3 Å². The second-order valence-corrected chi connectivity index (χ2v) is 4.17. The fourth-order valence-electron chi connectivity index (χ4n) is 2.04. The van der Waals surface area contributed by atoms with E-state index in [9.17, 15) is 9.90 Å². The summed E-state index contributed by atoms with van der Waals surface area (Å²) in [5.41, 5.74) is 0.857. The molecule has 1 aliphatic heterocycles. The SMILES string of the molecule is Cc1cc(N2CCNCC2C(=O)O)nc(C)n1. The fraction of sp³-hybridized carbons (Fsp3) is 0.545. The molecule has 1 aromatic heterocycles. The Labute approximate surface area is 99.7 Å². The Morgan fingerprint density at radius 3 is 2.94 bits per heavy atom. The van der Waals surface area contributed by atoms with Crippen molar-refractivity contribution in [3.8, 4) is 0 Å². The Hall–Kier alpha value is -1.69. The number of aryl methyl sites for hydroxylation is 2. The molecule has 0 bridgehead atoms. The number of aliphatic carboxylic acids is 1. The van der Waals surface area contributed by atoms with Gasteiger partial charge < -0.3 is 15.3 Å². The van der Waals surface area contributed by atoms with Crippen molar-refractivity contribution in [2.45, 2.75) is 19.9 Å². The number of nitrogens with zero attached hydrogens (tertiary/aromatic N) is 3. The lowest BCUT2D eigenvalue weighted by atomic mass is 10.2. The maximum absolute atomic E-state index is 11.2. The van der Waals surface area contributed by atoms with Crippen LogP contribution in [0.1, 0.15) is 11.5 Å². The van der Waals surface area contributed by atoms with Gasteiger partial charge in [-0.15, -0.1) is 0 Å². The third kappa shape index (κ3) is 2.52. The molecule has 0 spiro atoms. The summed E-state index contributed by atoms with van der Waals surface area (Å²) < 4.78 is 0. The first-order chi connectivity index (χ1) is 8.08. The second kappa shape index (κ2) is 4.67. The zero-order valence-corrected chi connectivity index (χ0v) is 9.97. The van der Waals surface area contributed by atoms with E-state index in [2.05, 4.69) is 15.3 Å². The van der Waals surface area contributed by atoms with Crippen LogP contribution in [0.2, 0.25) is 0 Å². The van der Waals surface area contributed by atoms with E-state index in [0.717, 1.165) is 12.2 Å². The van der Waals surface area contributed by atoms with Crippen LogP contribution < -0.4 is 10.2 Å². The molecule has 0 amide bonds. The summed E-state index contributed by atoms with van der Waals surface area (Å²) in [5.74, 6) is 0.540. The maximum atomic E-state index is 11.2. The zero-order chi connectivity index (χ0) is 12.4. The van der Waals surface area contributed by atoms with Crippen LogP contribution in [0.15, 0.2) is 6.07 Å². The first kappa shape index (κ1) is 11.8. The van der Waals surface area contributed by atoms with Crippen molar-refractivity contribution in [2.75, 3.05) is 24.5 Å². The molecule has 2 rings (SSSR count). The third-order valence-corrected chi connectivity index (χ3v) is 2.78. The number of rotatable bonds is 2. The van der Waals surface area contributed by atoms with Gasteiger partial charge in [0.1, 0.15) is 17.7 Å². The van der Waals surface area contributed by atoms with E-state index in [1.807, 2.05) is 24.8 Å². The first-order valence-electron chi connectivity index (χ1n) is 5.60. The Morgan fingerprint density at radius 2 is 2.29 bits per heavy atom. The summed E-state index contributed by atoms with van der Waals surface area (Å²) in [6, 6.07) is 1.27. The van der Waals surface area contributed by atoms with E-state index in [0.29, 0.717) is 24.7 Å². The first-order valence-corrected chi connectivity index (χ1v) is 5.60. The standard InChI is InChI=1S/C11H16N4O2/c1-7-5-10(14-8(2)13-7)15-4-3-12-6-9(15)11(16)17/h5,9,12H,3-4,6H2,1-2H3,(H,16,17). The minimum atomic E-state index is -0.828. The molecule has 0 aromatic carbocycles. The molecule has 1 saturated heterocycles. The van der Waals surface area contributed by atoms with Gasteiger partial charge in [-0.25, -0.2) is 14.8 Å². The molecule has 1 atom stereocenters. The predicted octanol–water partition coefficient (Wildman–Crippen LogP) is -0.0438. The largest absolute Gasteiger partial charge is 0.480 e. The van der Waals surface area contributed by atoms with Gasteiger partial charge in [-0.3, -0.25) is 0 Å². The molecule has 0 radical (unpaired) electrons. The average Bonchev–Trinajstić information content (AvgIpc) is 2.27. The van der Waals surface area contributed by atoms with Gasteiger partial charge in [0.05, 0.1) is 0 Å². The van der Waals surface area contributed by atoms with E-state index >= 15 is 0 Å². The van der Waals surface area contributed by atoms with Gasteiger partial charge in [0.25, 0.3) is 0 Å². The highest BCUT2D eigenvalue weighted by atomic mass is 16.4. The lowest BCUT2D eigenvalue weighted by Crippen LogP contribution is -2.55. The summed E-state index contributed by atoms with van der Waals surface area (Å²) in [6.07, 6.45) is 0. The molecule has 1 aliphatic rings. The molecular formula is C11H16N4O2. The lowest BCUT2D eigenvalue weighted by Gasteiger charge is -2.34. The van der Waals surface area contributed by atoms with Crippen LogP contribution in [0.4, 0.5) is 5.82 Å². The van der Waals surface area contributed by atoms with Crippen LogP contribution in [0.3, 0.4) is 0 Å². The molecule has 1 unspecified atom stereocenters. The monoisotopic (exact) mass is 236 g/mol. The Morgan fingerprint density at radius 1 is 1.53 bits per heavy atom. The van der Waals surface area contributed by atoms with Crippen molar-refractivity contribution in [1.29, 1.82) is 0 Å². The van der Waals surface area contributed by atoms with Gasteiger partial charge in [-0.2, -0.15) is 0 Å². The number of anilines is 1. The number of carboxylic acids is 1. The van der Waals surface area contributed by atoms with Crippen molar-refractivity contribution in [3.05, 3.63) is 17.6 Å². The van der Waals surface area contributed by atoms with Crippen LogP contribution in [0, 0.1) is 13.8 Å². The molecule has 2 heterocycles. The molecule has 2 N–H and O–H groups in total. The van der Waals surface area contributed by atoms with Crippen molar-refractivity contribution in [2.24, 2.45) is 0 Å². The summed E-state index contributed by atoms with van der Waals surface area (Å²) in [5, 5.41) is 12.3. The van der Waals surface area contributed by atoms with Gasteiger partial charge in [-0.05, 0) is 13.8 Å². The molecule has 1 fully saturated rings. The highest BCUT2D eigenvalue weighted by Gasteiger charge is 2.29. The smallest absolute Gasteiger partial charge is 0.327 e. The van der Waals surface area contributed by atoms with Crippen LogP contribution in [0.25, 0.3) is 0 Å². The second-order valence-electron chi connectivity index (χ2n) is 4.17. The summed E-state index contributed by atoms with van der Waals surface area (Å²) in [7, 11) is 0. The van der Waals surface area contributed by atoms with Crippen molar-refractivity contribution >= 4 is 11.8 Å². The molecule has 92 valence electrons. The third-order valence-electron chi connectivity index (χ3n) is 2.78. The molecule has 0 aliphatic carbocycles. The molecule has 17 heavy (non-hydrogen) atoms. The normalized spacial score (nSPS) is 20.4. The van der Waals surface area contributed by atoms with Crippen molar-refractivity contribution in [3.63, 3.8) is 0 Å². The quantitative estimate of drug-likeness (QED) is 0.750. The topological polar surface area (TPSA) is 78.4 Å². The minimum Gasteiger partial charge on any atom is -0.480 e. The molecule has 6 heteroatoms. The van der Waals surface area contributed by atoms with Gasteiger partial charge in [0.15, 0.2) is 0 Å². The molecule has 6 nitrogen and oxygen atoms in total. The fourth-order valence-corrected chi connectivity index (χ4v) is 2.04. The van der Waals surface area contributed by atoms with Crippen LogP contribution in [-0.4, -0.2) is 46.7 Å². The number of nitrogens with one attached hydrogen (secondary N) is 1. The van der Waals surface area contributed by atoms with Crippen LogP contribution in [0.5, 0.6) is 0 Å². The maximum Gasteiger partial charge on any atom is 0.327 e. The number of piperazine rings is 1. The number of carboxylic acid groups (broad SMARTS) is 1. The Bertz CT molecular complexity index is 415. The van der Waals surface area contributed by atoms with E-state index in [-0.39, 0.29) is 0 Å². The number of hydrogen-bond donors (Lipinski definition) is 2. The van der Waals surface area contributed by atoms with E-state index in [4.69, 9.17) is 0 Å². The van der Waals surface area contributed by atoms with E-state index < -0.39 is 12.0 Å². The van der Waals surface area contributed by atoms with Gasteiger partial charge in [-0.1, -0.05) is 0 Å². The van der Waals surface area contributed by atoms with Crippen molar-refractivity contribution < 1.29 is 9.90 Å². The highest BCUT2D eigenvalue weighted by molar-refractivity contribution is 5.78. The summed E-state index contributed by atoms with van der Waals surface area (Å²) >= 11 is 0. The molecule has 0 saturated carbocycles. The zero-order valence-electron chi connectivity index (χ0n) is 9.97. The van der Waals surface area contributed by atoms with Gasteiger partial charge in [0, 0.05) is 31.4 Å². The van der Waals surface area contributed by atoms with Crippen LogP contribution >= 0.6 is 0 Å². The molecular weight excluding hydrogens is 220 g/mol. The average molecular weight is 236 g/mol. The van der Waals surface area contributed by atoms with E-state index in [1.165, 1.54) is 0 Å². The van der Waals surface area contributed by atoms with Gasteiger partial charge in [0.2, 0.25) is 0 Å². The summed E-state index contributed by atoms with van der Waals surface area (Å²) in [6.45, 7) is 5.56. The Balaban J connectivity index is 2.32. The minimum absolute atomic E-state index is 0.442. The number of hydrogen-bond acceptors (Lipinski definition) is 5. The van der Waals surface area contributed by atoms with E-state index in [1.54, 1.807) is 0 Å². The van der Waals surface area contributed by atoms with Gasteiger partial charge >= 0.3 is 5.97 Å². The predicted molar refractivity (Wildman–Crippen MR) is 63.1 cm³/mol. The highest BCUT2D eigenvalue weighted by Crippen LogP contribution is 2.17. The summed E-state index contributed by atoms with van der Waals surface area (Å²) in [4.78, 5) is 21.5. The lowest BCUT2D eigenvalue weighted by molar-refractivity contribution is -0.138. The number of aromatic nitrogens is 2. The molecule has 1 aromatic rings.